The average molecular weight is 506 g/mol. The number of nitrogens with one attached hydrogen (secondary N) is 2. The van der Waals surface area contributed by atoms with Crippen molar-refractivity contribution in [3.05, 3.63) is 90.1 Å². The minimum absolute atomic E-state index is 0.152. The third-order valence-electron chi connectivity index (χ3n) is 7.09. The Balaban J connectivity index is 1.17. The summed E-state index contributed by atoms with van der Waals surface area (Å²) in [7, 11) is 4.07. The lowest BCUT2D eigenvalue weighted by molar-refractivity contribution is 0.102. The van der Waals surface area contributed by atoms with Crippen LogP contribution in [0.4, 0.5) is 5.69 Å². The molecule has 0 bridgehead atoms. The number of piperazine rings is 1. The Bertz CT molecular complexity index is 1560. The Morgan fingerprint density at radius 2 is 1.71 bits per heavy atom. The van der Waals surface area contributed by atoms with Gasteiger partial charge in [0, 0.05) is 62.8 Å². The summed E-state index contributed by atoms with van der Waals surface area (Å²) >= 11 is 0. The van der Waals surface area contributed by atoms with E-state index in [-0.39, 0.29) is 5.91 Å². The van der Waals surface area contributed by atoms with Crippen molar-refractivity contribution in [1.82, 2.24) is 29.5 Å². The van der Waals surface area contributed by atoms with E-state index in [1.165, 1.54) is 5.56 Å². The second-order valence-electron chi connectivity index (χ2n) is 9.98. The molecular formula is C30H31N7O. The molecule has 1 fully saturated rings. The first-order valence-electron chi connectivity index (χ1n) is 12.9. The van der Waals surface area contributed by atoms with Crippen molar-refractivity contribution in [3.63, 3.8) is 0 Å². The molecule has 8 heteroatoms. The lowest BCUT2D eigenvalue weighted by atomic mass is 10.1. The summed E-state index contributed by atoms with van der Waals surface area (Å²) < 4.78 is 1.79. The van der Waals surface area contributed by atoms with Gasteiger partial charge in [0.25, 0.3) is 5.91 Å². The number of likely N-dealkylation sites (N-methyl/N-ethyl adjacent to an activating group) is 1. The summed E-state index contributed by atoms with van der Waals surface area (Å²) in [5.74, 6) is 0.571. The predicted octanol–water partition coefficient (Wildman–Crippen LogP) is 4.63. The molecule has 1 amide bonds. The zero-order valence-electron chi connectivity index (χ0n) is 21.7. The van der Waals surface area contributed by atoms with Crippen LogP contribution in [0.15, 0.2) is 79.0 Å². The number of hydrogen-bond donors (Lipinski definition) is 2. The number of imidazole rings is 1. The van der Waals surface area contributed by atoms with Gasteiger partial charge in [-0.3, -0.25) is 14.4 Å². The lowest BCUT2D eigenvalue weighted by Gasteiger charge is -2.32. The highest BCUT2D eigenvalue weighted by Crippen LogP contribution is 2.30. The first kappa shape index (κ1) is 24.1. The molecule has 38 heavy (non-hydrogen) atoms. The summed E-state index contributed by atoms with van der Waals surface area (Å²) in [6.07, 6.45) is 1.96. The van der Waals surface area contributed by atoms with Crippen molar-refractivity contribution < 1.29 is 4.79 Å². The van der Waals surface area contributed by atoms with Gasteiger partial charge < -0.3 is 15.2 Å². The van der Waals surface area contributed by atoms with Crippen molar-refractivity contribution in [3.8, 4) is 22.6 Å². The van der Waals surface area contributed by atoms with E-state index >= 15 is 0 Å². The zero-order valence-corrected chi connectivity index (χ0v) is 21.7. The van der Waals surface area contributed by atoms with Crippen LogP contribution in [0.25, 0.3) is 33.7 Å². The number of amides is 1. The van der Waals surface area contributed by atoms with E-state index in [0.29, 0.717) is 5.56 Å². The van der Waals surface area contributed by atoms with Gasteiger partial charge >= 0.3 is 0 Å². The van der Waals surface area contributed by atoms with Gasteiger partial charge in [-0.25, -0.2) is 4.98 Å². The third kappa shape index (κ3) is 5.09. The topological polar surface area (TPSA) is 82.1 Å². The second-order valence-corrected chi connectivity index (χ2v) is 9.98. The molecule has 1 aliphatic rings. The minimum atomic E-state index is -0.152. The number of carbonyl (C=O) groups is 1. The van der Waals surface area contributed by atoms with Crippen molar-refractivity contribution in [1.29, 1.82) is 0 Å². The highest BCUT2D eigenvalue weighted by molar-refractivity contribution is 6.06. The van der Waals surface area contributed by atoms with E-state index in [1.807, 2.05) is 73.9 Å². The molecule has 3 heterocycles. The molecule has 8 nitrogen and oxygen atoms in total. The number of benzene rings is 3. The van der Waals surface area contributed by atoms with E-state index < -0.39 is 0 Å². The molecule has 0 aliphatic carbocycles. The standard InChI is InChI=1S/C30H31N7O/c1-35-14-16-37(17-15-35)19-21-8-11-24(12-9-21)31-30(38)23-10-13-26-27(18-23)33-29(32-26)25-20-36(2)34-28(25)22-6-4-3-5-7-22/h3-13,18,20H,14-17,19H2,1-2H3,(H,31,38)(H,32,33). The van der Waals surface area contributed by atoms with E-state index in [0.717, 1.165) is 72.1 Å². The van der Waals surface area contributed by atoms with Crippen LogP contribution in [-0.2, 0) is 13.6 Å². The number of anilines is 1. The zero-order chi connectivity index (χ0) is 26.1. The summed E-state index contributed by atoms with van der Waals surface area (Å²) in [4.78, 5) is 26.0. The maximum Gasteiger partial charge on any atom is 0.255 e. The molecule has 2 N–H and O–H groups in total. The van der Waals surface area contributed by atoms with Crippen LogP contribution in [0.5, 0.6) is 0 Å². The Hall–Kier alpha value is -4.27. The molecule has 0 spiro atoms. The van der Waals surface area contributed by atoms with E-state index in [9.17, 15) is 4.79 Å². The number of aromatic nitrogens is 4. The fraction of sp³-hybridized carbons (Fsp3) is 0.233. The summed E-state index contributed by atoms with van der Waals surface area (Å²) in [6.45, 7) is 5.31. The summed E-state index contributed by atoms with van der Waals surface area (Å²) in [6, 6.07) is 23.7. The molecule has 1 aliphatic heterocycles. The lowest BCUT2D eigenvalue weighted by Crippen LogP contribution is -2.43. The molecule has 1 saturated heterocycles. The van der Waals surface area contributed by atoms with Gasteiger partial charge in [-0.1, -0.05) is 42.5 Å². The van der Waals surface area contributed by atoms with E-state index in [2.05, 4.69) is 44.4 Å². The molecule has 5 aromatic rings. The minimum Gasteiger partial charge on any atom is -0.338 e. The maximum absolute atomic E-state index is 13.0. The van der Waals surface area contributed by atoms with Crippen LogP contribution < -0.4 is 5.32 Å². The quantitative estimate of drug-likeness (QED) is 0.352. The maximum atomic E-state index is 13.0. The van der Waals surface area contributed by atoms with Gasteiger partial charge in [-0.15, -0.1) is 0 Å². The normalized spacial score (nSPS) is 14.7. The molecule has 3 aromatic carbocycles. The Kier molecular flexibility index (Phi) is 6.49. The highest BCUT2D eigenvalue weighted by atomic mass is 16.1. The molecule has 0 radical (unpaired) electrons. The van der Waals surface area contributed by atoms with Gasteiger partial charge in [0.1, 0.15) is 11.5 Å². The SMILES string of the molecule is CN1CCN(Cc2ccc(NC(=O)c3ccc4nc(-c5cn(C)nc5-c5ccccc5)[nH]c4c3)cc2)CC1. The van der Waals surface area contributed by atoms with Gasteiger partial charge in [-0.2, -0.15) is 5.10 Å². The van der Waals surface area contributed by atoms with Crippen LogP contribution in [0.1, 0.15) is 15.9 Å². The fourth-order valence-corrected chi connectivity index (χ4v) is 4.91. The third-order valence-corrected chi connectivity index (χ3v) is 7.09. The monoisotopic (exact) mass is 505 g/mol. The van der Waals surface area contributed by atoms with Gasteiger partial charge in [0.05, 0.1) is 16.6 Å². The van der Waals surface area contributed by atoms with Gasteiger partial charge in [-0.05, 0) is 42.9 Å². The van der Waals surface area contributed by atoms with Crippen LogP contribution in [0.3, 0.4) is 0 Å². The van der Waals surface area contributed by atoms with Crippen molar-refractivity contribution in [2.24, 2.45) is 7.05 Å². The number of fused-ring (bicyclic) bond motifs is 1. The van der Waals surface area contributed by atoms with Crippen molar-refractivity contribution >= 4 is 22.6 Å². The average Bonchev–Trinajstić information content (AvgIpc) is 3.54. The molecular weight excluding hydrogens is 474 g/mol. The van der Waals surface area contributed by atoms with Crippen molar-refractivity contribution in [2.45, 2.75) is 6.54 Å². The summed E-state index contributed by atoms with van der Waals surface area (Å²) in [5, 5.41) is 7.67. The number of carbonyl (C=O) groups excluding carboxylic acids is 1. The second kappa shape index (κ2) is 10.2. The van der Waals surface area contributed by atoms with Crippen molar-refractivity contribution in [2.75, 3.05) is 38.5 Å². The Labute approximate surface area is 221 Å². The smallest absolute Gasteiger partial charge is 0.255 e. The number of rotatable bonds is 6. The van der Waals surface area contributed by atoms with Crippen LogP contribution >= 0.6 is 0 Å². The first-order chi connectivity index (χ1) is 18.5. The number of hydrogen-bond acceptors (Lipinski definition) is 5. The number of nitrogens with zero attached hydrogens (tertiary/aromatic N) is 5. The van der Waals surface area contributed by atoms with E-state index in [1.54, 1.807) is 4.68 Å². The molecule has 0 saturated carbocycles. The fourth-order valence-electron chi connectivity index (χ4n) is 4.91. The number of aromatic amines is 1. The number of aryl methyl sites for hydroxylation is 1. The van der Waals surface area contributed by atoms with Crippen LogP contribution in [0, 0.1) is 0 Å². The Morgan fingerprint density at radius 1 is 0.947 bits per heavy atom. The highest BCUT2D eigenvalue weighted by Gasteiger charge is 2.17. The first-order valence-corrected chi connectivity index (χ1v) is 12.9. The van der Waals surface area contributed by atoms with Gasteiger partial charge in [0.2, 0.25) is 0 Å². The van der Waals surface area contributed by atoms with E-state index in [4.69, 9.17) is 4.98 Å². The molecule has 2 aromatic heterocycles. The molecule has 6 rings (SSSR count). The van der Waals surface area contributed by atoms with Gasteiger partial charge in [0.15, 0.2) is 0 Å². The number of H-pyrrole nitrogens is 1. The molecule has 192 valence electrons. The van der Waals surface area contributed by atoms with Crippen LogP contribution in [0.2, 0.25) is 0 Å². The molecule has 0 atom stereocenters. The molecule has 0 unspecified atom stereocenters. The van der Waals surface area contributed by atoms with Crippen LogP contribution in [-0.4, -0.2) is 68.7 Å². The largest absolute Gasteiger partial charge is 0.338 e. The summed E-state index contributed by atoms with van der Waals surface area (Å²) in [5.41, 5.74) is 7.01. The predicted molar refractivity (Wildman–Crippen MR) is 151 cm³/mol. The Morgan fingerprint density at radius 3 is 2.47 bits per heavy atom.